The van der Waals surface area contributed by atoms with Crippen LogP contribution in [0, 0.1) is 12.1 Å². The van der Waals surface area contributed by atoms with Gasteiger partial charge in [-0.3, -0.25) is 0 Å². The molecule has 0 bridgehead atoms. The van der Waals surface area contributed by atoms with E-state index in [2.05, 4.69) is 19.1 Å². The third-order valence-corrected chi connectivity index (χ3v) is 2.05. The number of rotatable bonds is 2. The minimum atomic E-state index is 0.797. The largest absolute Gasteiger partial charge is 0.397 e. The van der Waals surface area contributed by atoms with E-state index in [1.807, 2.05) is 6.07 Å². The smallest absolute Gasteiger partial charge is 0.0543 e. The van der Waals surface area contributed by atoms with Gasteiger partial charge in [-0.05, 0) is 5.75 Å². The van der Waals surface area contributed by atoms with Crippen LogP contribution >= 0.6 is 11.8 Å². The lowest BCUT2D eigenvalue weighted by Gasteiger charge is -1.97. The number of nitrogen functional groups attached to an aromatic ring is 1. The van der Waals surface area contributed by atoms with Crippen LogP contribution in [0.1, 0.15) is 6.92 Å². The van der Waals surface area contributed by atoms with Crippen LogP contribution in [0.15, 0.2) is 17.0 Å². The summed E-state index contributed by atoms with van der Waals surface area (Å²) < 4.78 is 0. The number of thioether (sulfide) groups is 1. The van der Waals surface area contributed by atoms with Crippen molar-refractivity contribution >= 4 is 17.4 Å². The Kier molecular flexibility index (Phi) is 2.47. The van der Waals surface area contributed by atoms with Gasteiger partial charge < -0.3 is 5.73 Å². The predicted octanol–water partition coefficient (Wildman–Crippen LogP) is 1.98. The molecule has 1 aromatic carbocycles. The van der Waals surface area contributed by atoms with E-state index in [-0.39, 0.29) is 0 Å². The Labute approximate surface area is 65.6 Å². The molecule has 1 aromatic rings. The molecule has 0 aliphatic heterocycles. The van der Waals surface area contributed by atoms with Crippen LogP contribution in [0.4, 0.5) is 5.69 Å². The topological polar surface area (TPSA) is 26.0 Å². The number of hydrogen-bond donors (Lipinski definition) is 1. The Morgan fingerprint density at radius 3 is 2.80 bits per heavy atom. The second-order valence-electron chi connectivity index (χ2n) is 1.83. The Hall–Kier alpha value is -0.810. The minimum Gasteiger partial charge on any atom is -0.397 e. The molecule has 2 heteroatoms. The molecule has 0 spiro atoms. The Morgan fingerprint density at radius 1 is 1.50 bits per heavy atom. The van der Waals surface area contributed by atoms with Gasteiger partial charge in [0.25, 0.3) is 0 Å². The lowest BCUT2D eigenvalue weighted by atomic mass is 10.4. The summed E-state index contributed by atoms with van der Waals surface area (Å²) in [6.45, 7) is 2.10. The van der Waals surface area contributed by atoms with Crippen molar-refractivity contribution in [2.75, 3.05) is 11.5 Å². The van der Waals surface area contributed by atoms with E-state index in [0.717, 1.165) is 16.3 Å². The molecule has 0 unspecified atom stereocenters. The van der Waals surface area contributed by atoms with Gasteiger partial charge in [0, 0.05) is 17.0 Å². The van der Waals surface area contributed by atoms with Crippen LogP contribution in [-0.4, -0.2) is 5.75 Å². The van der Waals surface area contributed by atoms with Crippen molar-refractivity contribution in [1.29, 1.82) is 0 Å². The zero-order valence-electron chi connectivity index (χ0n) is 5.85. The quantitative estimate of drug-likeness (QED) is 0.654. The normalized spacial score (nSPS) is 8.90. The number of nitrogens with two attached hydrogens (primary N) is 1. The molecule has 0 saturated carbocycles. The van der Waals surface area contributed by atoms with E-state index in [9.17, 15) is 0 Å². The third kappa shape index (κ3) is 1.58. The first kappa shape index (κ1) is 7.30. The molecule has 0 aliphatic rings. The van der Waals surface area contributed by atoms with Crippen LogP contribution in [0.25, 0.3) is 0 Å². The van der Waals surface area contributed by atoms with Gasteiger partial charge in [-0.2, -0.15) is 0 Å². The molecule has 10 heavy (non-hydrogen) atoms. The Balaban J connectivity index is 2.81. The molecule has 0 amide bonds. The molecule has 0 heterocycles. The molecule has 1 nitrogen and oxygen atoms in total. The summed E-state index contributed by atoms with van der Waals surface area (Å²) in [6, 6.07) is 9.27. The van der Waals surface area contributed by atoms with Crippen molar-refractivity contribution in [2.24, 2.45) is 0 Å². The number of anilines is 1. The third-order valence-electron chi connectivity index (χ3n) is 1.10. The monoisotopic (exact) mass is 151 g/mol. The van der Waals surface area contributed by atoms with E-state index in [1.54, 1.807) is 17.8 Å². The fourth-order valence-corrected chi connectivity index (χ4v) is 1.34. The van der Waals surface area contributed by atoms with Gasteiger partial charge in [0.1, 0.15) is 0 Å². The second-order valence-corrected chi connectivity index (χ2v) is 3.14. The van der Waals surface area contributed by atoms with Gasteiger partial charge in [-0.15, -0.1) is 11.8 Å². The number of hydrogen-bond acceptors (Lipinski definition) is 2. The van der Waals surface area contributed by atoms with Crippen LogP contribution in [-0.2, 0) is 0 Å². The average Bonchev–Trinajstić information content (AvgIpc) is 1.94. The lowest BCUT2D eigenvalue weighted by Crippen LogP contribution is -1.85. The standard InChI is InChI=1S/C8H9NS/c1-2-10-8-6-4-3-5-7(8)9/h5-6H,2,9H2,1H3. The Bertz CT molecular complexity index is 210. The summed E-state index contributed by atoms with van der Waals surface area (Å²) in [5, 5.41) is 0. The van der Waals surface area contributed by atoms with Crippen molar-refractivity contribution in [3.63, 3.8) is 0 Å². The zero-order valence-corrected chi connectivity index (χ0v) is 6.66. The summed E-state index contributed by atoms with van der Waals surface area (Å²) in [4.78, 5) is 1.10. The molecule has 2 N–H and O–H groups in total. The van der Waals surface area contributed by atoms with Crippen LogP contribution in [0.2, 0.25) is 0 Å². The van der Waals surface area contributed by atoms with Gasteiger partial charge in [0.05, 0.1) is 5.69 Å². The Morgan fingerprint density at radius 2 is 2.20 bits per heavy atom. The maximum absolute atomic E-state index is 5.63. The minimum absolute atomic E-state index is 0.797. The first-order chi connectivity index (χ1) is 4.84. The van der Waals surface area contributed by atoms with Gasteiger partial charge in [-0.1, -0.05) is 19.1 Å². The summed E-state index contributed by atoms with van der Waals surface area (Å²) >= 11 is 1.73. The molecule has 1 rings (SSSR count). The fourth-order valence-electron chi connectivity index (χ4n) is 0.662. The van der Waals surface area contributed by atoms with E-state index < -0.39 is 0 Å². The molecule has 0 aromatic heterocycles. The second kappa shape index (κ2) is 3.38. The predicted molar refractivity (Wildman–Crippen MR) is 44.9 cm³/mol. The molecule has 0 aliphatic carbocycles. The first-order valence-corrected chi connectivity index (χ1v) is 4.13. The van der Waals surface area contributed by atoms with Crippen LogP contribution in [0.3, 0.4) is 0 Å². The maximum atomic E-state index is 5.63. The average molecular weight is 151 g/mol. The molecular weight excluding hydrogens is 142 g/mol. The van der Waals surface area contributed by atoms with Crippen LogP contribution < -0.4 is 5.73 Å². The molecule has 0 saturated heterocycles. The van der Waals surface area contributed by atoms with Gasteiger partial charge in [0.2, 0.25) is 0 Å². The highest BCUT2D eigenvalue weighted by Gasteiger charge is 1.93. The highest BCUT2D eigenvalue weighted by molar-refractivity contribution is 7.99. The maximum Gasteiger partial charge on any atom is 0.0543 e. The summed E-state index contributed by atoms with van der Waals surface area (Å²) in [7, 11) is 0. The van der Waals surface area contributed by atoms with E-state index in [0.29, 0.717) is 0 Å². The summed E-state index contributed by atoms with van der Waals surface area (Å²) in [5.41, 5.74) is 6.43. The van der Waals surface area contributed by atoms with Gasteiger partial charge >= 0.3 is 0 Å². The zero-order chi connectivity index (χ0) is 7.40. The van der Waals surface area contributed by atoms with Crippen molar-refractivity contribution in [1.82, 2.24) is 0 Å². The van der Waals surface area contributed by atoms with Crippen molar-refractivity contribution in [3.8, 4) is 0 Å². The molecule has 0 fully saturated rings. The van der Waals surface area contributed by atoms with Crippen molar-refractivity contribution in [2.45, 2.75) is 11.8 Å². The summed E-state index contributed by atoms with van der Waals surface area (Å²) in [5.74, 6) is 1.04. The molecule has 0 radical (unpaired) electrons. The van der Waals surface area contributed by atoms with Crippen LogP contribution in [0.5, 0.6) is 0 Å². The lowest BCUT2D eigenvalue weighted by molar-refractivity contribution is 1.44. The fraction of sp³-hybridized carbons (Fsp3) is 0.250. The van der Waals surface area contributed by atoms with E-state index in [1.165, 1.54) is 0 Å². The van der Waals surface area contributed by atoms with Crippen molar-refractivity contribution in [3.05, 3.63) is 24.3 Å². The molecule has 0 atom stereocenters. The van der Waals surface area contributed by atoms with Crippen molar-refractivity contribution < 1.29 is 0 Å². The molecular formula is C8H9NS. The van der Waals surface area contributed by atoms with Gasteiger partial charge in [0.15, 0.2) is 0 Å². The van der Waals surface area contributed by atoms with Gasteiger partial charge in [-0.25, -0.2) is 0 Å². The summed E-state index contributed by atoms with van der Waals surface area (Å²) in [6.07, 6.45) is 0. The van der Waals surface area contributed by atoms with E-state index >= 15 is 0 Å². The SMILES string of the molecule is CCSc1cc#ccc1N. The molecule has 52 valence electrons. The first-order valence-electron chi connectivity index (χ1n) is 3.14. The highest BCUT2D eigenvalue weighted by atomic mass is 32.2. The van der Waals surface area contributed by atoms with E-state index in [4.69, 9.17) is 5.73 Å². The highest BCUT2D eigenvalue weighted by Crippen LogP contribution is 2.21.